The summed E-state index contributed by atoms with van der Waals surface area (Å²) in [6.07, 6.45) is 5.42. The number of hydrogen-bond donors (Lipinski definition) is 0. The van der Waals surface area contributed by atoms with Crippen molar-refractivity contribution in [2.45, 2.75) is 25.7 Å². The van der Waals surface area contributed by atoms with Crippen molar-refractivity contribution in [3.8, 4) is 0 Å². The third-order valence-corrected chi connectivity index (χ3v) is 3.79. The van der Waals surface area contributed by atoms with Gasteiger partial charge >= 0.3 is 0 Å². The Balaban J connectivity index is 1.73. The molecule has 2 fully saturated rings. The summed E-state index contributed by atoms with van der Waals surface area (Å²) in [6.45, 7) is 4.96. The highest BCUT2D eigenvalue weighted by Gasteiger charge is 2.14. The van der Waals surface area contributed by atoms with Crippen LogP contribution in [0.1, 0.15) is 25.7 Å². The molecule has 0 atom stereocenters. The number of anilines is 2. The maximum absolute atomic E-state index is 2.49. The quantitative estimate of drug-likeness (QED) is 0.750. The summed E-state index contributed by atoms with van der Waals surface area (Å²) in [4.78, 5) is 4.99. The molecule has 2 aliphatic rings. The van der Waals surface area contributed by atoms with Crippen LogP contribution < -0.4 is 9.80 Å². The Bertz CT molecular complexity index is 297. The second kappa shape index (κ2) is 4.36. The zero-order valence-electron chi connectivity index (χ0n) is 9.86. The Kier molecular flexibility index (Phi) is 2.73. The first-order valence-electron chi connectivity index (χ1n) is 6.53. The molecule has 0 amide bonds. The van der Waals surface area contributed by atoms with Crippen LogP contribution in [0.3, 0.4) is 0 Å². The van der Waals surface area contributed by atoms with Gasteiger partial charge in [-0.1, -0.05) is 0 Å². The lowest BCUT2D eigenvalue weighted by Gasteiger charge is -2.21. The van der Waals surface area contributed by atoms with Gasteiger partial charge in [0.05, 0.1) is 0 Å². The van der Waals surface area contributed by atoms with Crippen LogP contribution in [-0.4, -0.2) is 26.2 Å². The molecule has 2 saturated heterocycles. The summed E-state index contributed by atoms with van der Waals surface area (Å²) in [5.41, 5.74) is 2.81. The Labute approximate surface area is 97.9 Å². The summed E-state index contributed by atoms with van der Waals surface area (Å²) >= 11 is 0. The van der Waals surface area contributed by atoms with Crippen molar-refractivity contribution in [1.82, 2.24) is 0 Å². The van der Waals surface area contributed by atoms with Crippen LogP contribution in [0.2, 0.25) is 0 Å². The van der Waals surface area contributed by atoms with Gasteiger partial charge in [0.2, 0.25) is 0 Å². The summed E-state index contributed by atoms with van der Waals surface area (Å²) in [5, 5.41) is 0. The molecule has 1 aromatic carbocycles. The molecule has 2 nitrogen and oxygen atoms in total. The highest BCUT2D eigenvalue weighted by Crippen LogP contribution is 2.25. The van der Waals surface area contributed by atoms with Gasteiger partial charge in [0.25, 0.3) is 0 Å². The van der Waals surface area contributed by atoms with Crippen LogP contribution in [0.5, 0.6) is 0 Å². The molecule has 0 radical (unpaired) electrons. The number of rotatable bonds is 2. The Morgan fingerprint density at radius 1 is 0.562 bits per heavy atom. The molecule has 2 heterocycles. The van der Waals surface area contributed by atoms with Crippen molar-refractivity contribution >= 4 is 11.4 Å². The van der Waals surface area contributed by atoms with Crippen molar-refractivity contribution in [2.24, 2.45) is 0 Å². The van der Waals surface area contributed by atoms with Gasteiger partial charge in [0, 0.05) is 37.6 Å². The van der Waals surface area contributed by atoms with Gasteiger partial charge in [-0.05, 0) is 49.9 Å². The zero-order valence-corrected chi connectivity index (χ0v) is 9.86. The van der Waals surface area contributed by atoms with E-state index in [-0.39, 0.29) is 0 Å². The third-order valence-electron chi connectivity index (χ3n) is 3.79. The maximum atomic E-state index is 2.49. The van der Waals surface area contributed by atoms with Gasteiger partial charge in [0.1, 0.15) is 0 Å². The average molecular weight is 216 g/mol. The van der Waals surface area contributed by atoms with Gasteiger partial charge in [-0.15, -0.1) is 0 Å². The predicted octanol–water partition coefficient (Wildman–Crippen LogP) is 2.89. The van der Waals surface area contributed by atoms with E-state index in [4.69, 9.17) is 0 Å². The zero-order chi connectivity index (χ0) is 10.8. The molecule has 3 rings (SSSR count). The smallest absolute Gasteiger partial charge is 0.0367 e. The molecule has 2 heteroatoms. The topological polar surface area (TPSA) is 6.48 Å². The largest absolute Gasteiger partial charge is 0.372 e. The molecule has 0 bridgehead atoms. The standard InChI is InChI=1S/C14H20N2/c1-2-10-15(9-1)13-5-7-14(8-6-13)16-11-3-4-12-16/h5-8H,1-4,9-12H2. The number of nitrogens with zero attached hydrogens (tertiary/aromatic N) is 2. The fourth-order valence-corrected chi connectivity index (χ4v) is 2.82. The fraction of sp³-hybridized carbons (Fsp3) is 0.571. The number of benzene rings is 1. The molecular weight excluding hydrogens is 196 g/mol. The predicted molar refractivity (Wildman–Crippen MR) is 69.3 cm³/mol. The Morgan fingerprint density at radius 3 is 1.19 bits per heavy atom. The van der Waals surface area contributed by atoms with Gasteiger partial charge in [0.15, 0.2) is 0 Å². The van der Waals surface area contributed by atoms with Crippen LogP contribution >= 0.6 is 0 Å². The highest BCUT2D eigenvalue weighted by molar-refractivity contribution is 5.57. The Morgan fingerprint density at radius 2 is 0.875 bits per heavy atom. The number of hydrogen-bond acceptors (Lipinski definition) is 2. The van der Waals surface area contributed by atoms with E-state index in [1.165, 1.54) is 63.2 Å². The van der Waals surface area contributed by atoms with E-state index in [2.05, 4.69) is 34.1 Å². The molecule has 0 spiro atoms. The third kappa shape index (κ3) is 1.89. The minimum absolute atomic E-state index is 1.24. The first-order chi connectivity index (χ1) is 7.93. The maximum Gasteiger partial charge on any atom is 0.0367 e. The lowest BCUT2D eigenvalue weighted by molar-refractivity contribution is 0.949. The van der Waals surface area contributed by atoms with E-state index < -0.39 is 0 Å². The molecular formula is C14H20N2. The van der Waals surface area contributed by atoms with E-state index in [0.29, 0.717) is 0 Å². The molecule has 2 aliphatic heterocycles. The van der Waals surface area contributed by atoms with Crippen molar-refractivity contribution in [3.05, 3.63) is 24.3 Å². The normalized spacial score (nSPS) is 20.8. The van der Waals surface area contributed by atoms with Crippen LogP contribution in [-0.2, 0) is 0 Å². The molecule has 0 aliphatic carbocycles. The highest BCUT2D eigenvalue weighted by atomic mass is 15.2. The molecule has 0 saturated carbocycles. The minimum atomic E-state index is 1.24. The SMILES string of the molecule is c1cc(N2CCCC2)ccc1N1CCCC1. The van der Waals surface area contributed by atoms with E-state index in [0.717, 1.165) is 0 Å². The van der Waals surface area contributed by atoms with E-state index in [1.54, 1.807) is 0 Å². The first-order valence-corrected chi connectivity index (χ1v) is 6.53. The van der Waals surface area contributed by atoms with E-state index >= 15 is 0 Å². The van der Waals surface area contributed by atoms with Crippen molar-refractivity contribution < 1.29 is 0 Å². The lowest BCUT2D eigenvalue weighted by atomic mass is 10.2. The minimum Gasteiger partial charge on any atom is -0.372 e. The van der Waals surface area contributed by atoms with Crippen LogP contribution in [0, 0.1) is 0 Å². The average Bonchev–Trinajstić information content (AvgIpc) is 3.03. The van der Waals surface area contributed by atoms with Crippen molar-refractivity contribution in [3.63, 3.8) is 0 Å². The summed E-state index contributed by atoms with van der Waals surface area (Å²) in [7, 11) is 0. The molecule has 86 valence electrons. The van der Waals surface area contributed by atoms with Gasteiger partial charge in [-0.2, -0.15) is 0 Å². The molecule has 16 heavy (non-hydrogen) atoms. The Hall–Kier alpha value is -1.18. The lowest BCUT2D eigenvalue weighted by Crippen LogP contribution is -2.19. The molecule has 0 unspecified atom stereocenters. The van der Waals surface area contributed by atoms with Crippen molar-refractivity contribution in [1.29, 1.82) is 0 Å². The summed E-state index contributed by atoms with van der Waals surface area (Å²) in [6, 6.07) is 9.16. The van der Waals surface area contributed by atoms with E-state index in [1.807, 2.05) is 0 Å². The van der Waals surface area contributed by atoms with Crippen molar-refractivity contribution in [2.75, 3.05) is 36.0 Å². The molecule has 0 aromatic heterocycles. The second-order valence-electron chi connectivity index (χ2n) is 4.90. The van der Waals surface area contributed by atoms with Gasteiger partial charge in [-0.25, -0.2) is 0 Å². The van der Waals surface area contributed by atoms with Crippen LogP contribution in [0.25, 0.3) is 0 Å². The summed E-state index contributed by atoms with van der Waals surface area (Å²) in [5.74, 6) is 0. The van der Waals surface area contributed by atoms with Gasteiger partial charge < -0.3 is 9.80 Å². The van der Waals surface area contributed by atoms with Crippen LogP contribution in [0.4, 0.5) is 11.4 Å². The monoisotopic (exact) mass is 216 g/mol. The fourth-order valence-electron chi connectivity index (χ4n) is 2.82. The first kappa shape index (κ1) is 10.0. The van der Waals surface area contributed by atoms with Crippen LogP contribution in [0.15, 0.2) is 24.3 Å². The second-order valence-corrected chi connectivity index (χ2v) is 4.90. The molecule has 1 aromatic rings. The summed E-state index contributed by atoms with van der Waals surface area (Å²) < 4.78 is 0. The van der Waals surface area contributed by atoms with E-state index in [9.17, 15) is 0 Å². The molecule has 0 N–H and O–H groups in total. The van der Waals surface area contributed by atoms with Gasteiger partial charge in [-0.3, -0.25) is 0 Å².